The average Bonchev–Trinajstić information content (AvgIpc) is 3.17. The summed E-state index contributed by atoms with van der Waals surface area (Å²) in [6, 6.07) is 10.5. The Hall–Kier alpha value is -1.94. The van der Waals surface area contributed by atoms with Crippen molar-refractivity contribution in [1.29, 1.82) is 0 Å². The predicted molar refractivity (Wildman–Crippen MR) is 117 cm³/mol. The van der Waals surface area contributed by atoms with Crippen LogP contribution in [0.4, 0.5) is 0 Å². The van der Waals surface area contributed by atoms with Crippen molar-refractivity contribution in [3.63, 3.8) is 0 Å². The zero-order chi connectivity index (χ0) is 18.8. The van der Waals surface area contributed by atoms with Gasteiger partial charge in [0.1, 0.15) is 11.9 Å². The third-order valence-corrected chi connectivity index (χ3v) is 3.63. The van der Waals surface area contributed by atoms with E-state index < -0.39 is 0 Å². The maximum absolute atomic E-state index is 11.7. The summed E-state index contributed by atoms with van der Waals surface area (Å²) in [6.45, 7) is 3.50. The number of guanidine groups is 1. The van der Waals surface area contributed by atoms with E-state index in [2.05, 4.69) is 20.9 Å². The molecule has 0 aliphatic rings. The third-order valence-electron chi connectivity index (χ3n) is 3.38. The van der Waals surface area contributed by atoms with Crippen molar-refractivity contribution in [1.82, 2.24) is 16.0 Å². The first kappa shape index (κ1) is 23.1. The minimum atomic E-state index is -0.246. The molecule has 0 saturated heterocycles. The van der Waals surface area contributed by atoms with Crippen molar-refractivity contribution < 1.29 is 13.9 Å². The fraction of sp³-hybridized carbons (Fsp3) is 0.333. The standard InChI is InChI=1S/C18H23ClN4O3.HI/c1-13(26-15-7-5-14(19)6-8-15)12-23-18(20-2)22-10-9-21-17(24)16-4-3-11-25-16;/h3-8,11,13H,9-10,12H2,1-2H3,(H,21,24)(H2,20,22,23);1H. The van der Waals surface area contributed by atoms with E-state index in [4.69, 9.17) is 20.8 Å². The maximum Gasteiger partial charge on any atom is 0.287 e. The van der Waals surface area contributed by atoms with Crippen LogP contribution in [0.25, 0.3) is 0 Å². The van der Waals surface area contributed by atoms with Gasteiger partial charge in [-0.2, -0.15) is 0 Å². The van der Waals surface area contributed by atoms with Gasteiger partial charge in [-0.05, 0) is 43.3 Å². The Bertz CT molecular complexity index is 708. The van der Waals surface area contributed by atoms with Crippen LogP contribution >= 0.6 is 35.6 Å². The molecule has 148 valence electrons. The van der Waals surface area contributed by atoms with Crippen molar-refractivity contribution in [2.24, 2.45) is 4.99 Å². The highest BCUT2D eigenvalue weighted by atomic mass is 127. The number of carbonyl (C=O) groups excluding carboxylic acids is 1. The number of furan rings is 1. The summed E-state index contributed by atoms with van der Waals surface area (Å²) in [5, 5.41) is 9.72. The molecule has 27 heavy (non-hydrogen) atoms. The van der Waals surface area contributed by atoms with Gasteiger partial charge in [-0.25, -0.2) is 0 Å². The van der Waals surface area contributed by atoms with Crippen molar-refractivity contribution in [3.05, 3.63) is 53.4 Å². The average molecular weight is 507 g/mol. The molecule has 2 rings (SSSR count). The highest BCUT2D eigenvalue weighted by molar-refractivity contribution is 14.0. The van der Waals surface area contributed by atoms with Crippen LogP contribution in [0.2, 0.25) is 5.02 Å². The second-order valence-electron chi connectivity index (χ2n) is 5.50. The van der Waals surface area contributed by atoms with Gasteiger partial charge >= 0.3 is 0 Å². The van der Waals surface area contributed by atoms with Gasteiger partial charge in [0.15, 0.2) is 11.7 Å². The van der Waals surface area contributed by atoms with E-state index in [1.807, 2.05) is 19.1 Å². The van der Waals surface area contributed by atoms with Gasteiger partial charge in [0.25, 0.3) is 5.91 Å². The fourth-order valence-electron chi connectivity index (χ4n) is 2.10. The van der Waals surface area contributed by atoms with Crippen LogP contribution in [-0.4, -0.2) is 44.7 Å². The molecule has 3 N–H and O–H groups in total. The lowest BCUT2D eigenvalue weighted by atomic mass is 10.3. The molecule has 2 aromatic rings. The summed E-state index contributed by atoms with van der Waals surface area (Å²) in [7, 11) is 1.68. The minimum Gasteiger partial charge on any atom is -0.489 e. The Kier molecular flexibility index (Phi) is 10.6. The van der Waals surface area contributed by atoms with E-state index in [-0.39, 0.29) is 36.0 Å². The van der Waals surface area contributed by atoms with Crippen molar-refractivity contribution in [2.45, 2.75) is 13.0 Å². The lowest BCUT2D eigenvalue weighted by Gasteiger charge is -2.18. The number of hydrogen-bond donors (Lipinski definition) is 3. The summed E-state index contributed by atoms with van der Waals surface area (Å²) in [5.74, 6) is 1.43. The van der Waals surface area contributed by atoms with Crippen molar-refractivity contribution in [3.8, 4) is 5.75 Å². The molecule has 0 saturated carbocycles. The summed E-state index contributed by atoms with van der Waals surface area (Å²) < 4.78 is 10.8. The number of benzene rings is 1. The molecular weight excluding hydrogens is 483 g/mol. The molecule has 0 bridgehead atoms. The number of ether oxygens (including phenoxy) is 1. The molecule has 1 unspecified atom stereocenters. The van der Waals surface area contributed by atoms with E-state index in [1.165, 1.54) is 6.26 Å². The number of amides is 1. The van der Waals surface area contributed by atoms with E-state index in [1.54, 1.807) is 31.3 Å². The van der Waals surface area contributed by atoms with Gasteiger partial charge in [0.05, 0.1) is 12.8 Å². The molecule has 0 fully saturated rings. The number of nitrogens with one attached hydrogen (secondary N) is 3. The number of carbonyl (C=O) groups is 1. The summed E-state index contributed by atoms with van der Waals surface area (Å²) >= 11 is 5.86. The Morgan fingerprint density at radius 1 is 1.19 bits per heavy atom. The van der Waals surface area contributed by atoms with Crippen LogP contribution < -0.4 is 20.7 Å². The first-order chi connectivity index (χ1) is 12.6. The van der Waals surface area contributed by atoms with Gasteiger partial charge in [-0.3, -0.25) is 9.79 Å². The molecular formula is C18H24ClIN4O3. The first-order valence-electron chi connectivity index (χ1n) is 8.27. The molecule has 7 nitrogen and oxygen atoms in total. The minimum absolute atomic E-state index is 0. The van der Waals surface area contributed by atoms with Gasteiger partial charge in [0.2, 0.25) is 0 Å². The smallest absolute Gasteiger partial charge is 0.287 e. The van der Waals surface area contributed by atoms with Crippen LogP contribution in [-0.2, 0) is 0 Å². The molecule has 0 aliphatic heterocycles. The number of halogens is 2. The number of nitrogens with zero attached hydrogens (tertiary/aromatic N) is 1. The van der Waals surface area contributed by atoms with Crippen LogP contribution in [0, 0.1) is 0 Å². The van der Waals surface area contributed by atoms with Gasteiger partial charge in [-0.15, -0.1) is 24.0 Å². The Morgan fingerprint density at radius 2 is 1.89 bits per heavy atom. The van der Waals surface area contributed by atoms with Gasteiger partial charge in [-0.1, -0.05) is 11.6 Å². The third kappa shape index (κ3) is 8.53. The Morgan fingerprint density at radius 3 is 2.52 bits per heavy atom. The second kappa shape index (κ2) is 12.4. The van der Waals surface area contributed by atoms with Crippen molar-refractivity contribution in [2.75, 3.05) is 26.7 Å². The lowest BCUT2D eigenvalue weighted by molar-refractivity contribution is 0.0926. The van der Waals surface area contributed by atoms with Gasteiger partial charge < -0.3 is 25.1 Å². The summed E-state index contributed by atoms with van der Waals surface area (Å²) in [5.41, 5.74) is 0. The van der Waals surface area contributed by atoms with Crippen molar-refractivity contribution >= 4 is 47.4 Å². The predicted octanol–water partition coefficient (Wildman–Crippen LogP) is 2.91. The normalized spacial score (nSPS) is 11.9. The second-order valence-corrected chi connectivity index (χ2v) is 5.93. The summed E-state index contributed by atoms with van der Waals surface area (Å²) in [4.78, 5) is 15.9. The topological polar surface area (TPSA) is 87.9 Å². The highest BCUT2D eigenvalue weighted by Gasteiger charge is 2.08. The zero-order valence-corrected chi connectivity index (χ0v) is 18.3. The van der Waals surface area contributed by atoms with Crippen LogP contribution in [0.1, 0.15) is 17.5 Å². The van der Waals surface area contributed by atoms with Crippen LogP contribution in [0.3, 0.4) is 0 Å². The monoisotopic (exact) mass is 506 g/mol. The van der Waals surface area contributed by atoms with E-state index in [9.17, 15) is 4.79 Å². The number of aliphatic imine (C=N–C) groups is 1. The molecule has 0 aliphatic carbocycles. The molecule has 1 aromatic heterocycles. The van der Waals surface area contributed by atoms with E-state index in [0.29, 0.717) is 36.4 Å². The molecule has 0 spiro atoms. The number of rotatable bonds is 8. The maximum atomic E-state index is 11.7. The largest absolute Gasteiger partial charge is 0.489 e. The molecule has 0 radical (unpaired) electrons. The van der Waals surface area contributed by atoms with Crippen LogP contribution in [0.15, 0.2) is 52.1 Å². The molecule has 1 atom stereocenters. The lowest BCUT2D eigenvalue weighted by Crippen LogP contribution is -2.44. The fourth-order valence-corrected chi connectivity index (χ4v) is 2.23. The number of hydrogen-bond acceptors (Lipinski definition) is 4. The van der Waals surface area contributed by atoms with Gasteiger partial charge in [0, 0.05) is 25.2 Å². The Labute approximate surface area is 180 Å². The van der Waals surface area contributed by atoms with E-state index in [0.717, 1.165) is 5.75 Å². The first-order valence-corrected chi connectivity index (χ1v) is 8.64. The highest BCUT2D eigenvalue weighted by Crippen LogP contribution is 2.16. The molecule has 1 amide bonds. The zero-order valence-electron chi connectivity index (χ0n) is 15.2. The SMILES string of the molecule is CN=C(NCCNC(=O)c1ccco1)NCC(C)Oc1ccc(Cl)cc1.I. The quantitative estimate of drug-likeness (QED) is 0.222. The molecule has 1 heterocycles. The van der Waals surface area contributed by atoms with Crippen LogP contribution in [0.5, 0.6) is 5.75 Å². The molecule has 1 aromatic carbocycles. The van der Waals surface area contributed by atoms with E-state index >= 15 is 0 Å². The Balaban J connectivity index is 0.00000364. The molecule has 9 heteroatoms. The summed E-state index contributed by atoms with van der Waals surface area (Å²) in [6.07, 6.45) is 1.40.